The molecule has 2 amide bonds. The van der Waals surface area contributed by atoms with E-state index in [1.807, 2.05) is 29.7 Å². The van der Waals surface area contributed by atoms with Crippen LogP contribution in [0, 0.1) is 0 Å². The third kappa shape index (κ3) is 5.70. The smallest absolute Gasteiger partial charge is 0.220 e. The summed E-state index contributed by atoms with van der Waals surface area (Å²) in [6.07, 6.45) is 8.21. The molecule has 1 fully saturated rings. The number of carbonyl (C=O) groups excluding carboxylic acids is 2. The van der Waals surface area contributed by atoms with E-state index < -0.39 is 0 Å². The number of fused-ring (bicyclic) bond motifs is 1. The number of H-pyrrole nitrogens is 1. The largest absolute Gasteiger partial charge is 0.361 e. The van der Waals surface area contributed by atoms with Crippen LogP contribution in [0.5, 0.6) is 0 Å². The second kappa shape index (κ2) is 11.2. The number of nitrogens with zero attached hydrogens (tertiary/aromatic N) is 1. The average molecular weight is 481 g/mol. The first-order valence-corrected chi connectivity index (χ1v) is 13.2. The molecular formula is C27H36N4O2S. The van der Waals surface area contributed by atoms with Crippen molar-refractivity contribution in [1.82, 2.24) is 20.5 Å². The summed E-state index contributed by atoms with van der Waals surface area (Å²) in [5.74, 6) is 0.0714. The lowest BCUT2D eigenvalue weighted by molar-refractivity contribution is -0.123. The van der Waals surface area contributed by atoms with Gasteiger partial charge in [0.05, 0.1) is 5.54 Å². The summed E-state index contributed by atoms with van der Waals surface area (Å²) < 4.78 is 0. The summed E-state index contributed by atoms with van der Waals surface area (Å²) >= 11 is 1.82. The molecule has 1 saturated carbocycles. The van der Waals surface area contributed by atoms with Crippen LogP contribution in [0.15, 0.2) is 48.0 Å². The SMILES string of the molecule is CN(C)C1(c2cccs2)CCC(NC(=O)CCCC(=O)NCCc2c[nH]c3ccccc23)CC1. The Morgan fingerprint density at radius 1 is 1.09 bits per heavy atom. The highest BCUT2D eigenvalue weighted by molar-refractivity contribution is 7.10. The summed E-state index contributed by atoms with van der Waals surface area (Å²) in [5.41, 5.74) is 2.41. The Kier molecular flexibility index (Phi) is 8.06. The van der Waals surface area contributed by atoms with Gasteiger partial charge in [-0.05, 0) is 75.7 Å². The van der Waals surface area contributed by atoms with Crippen LogP contribution in [0.1, 0.15) is 55.4 Å². The molecule has 4 rings (SSSR count). The topological polar surface area (TPSA) is 77.2 Å². The molecule has 34 heavy (non-hydrogen) atoms. The van der Waals surface area contributed by atoms with Gasteiger partial charge in [0.25, 0.3) is 0 Å². The molecule has 1 aliphatic carbocycles. The Bertz CT molecular complexity index is 1080. The van der Waals surface area contributed by atoms with Crippen molar-refractivity contribution < 1.29 is 9.59 Å². The fourth-order valence-corrected chi connectivity index (χ4v) is 6.24. The summed E-state index contributed by atoms with van der Waals surface area (Å²) in [6, 6.07) is 12.8. The number of benzene rings is 1. The first kappa shape index (κ1) is 24.5. The second-order valence-electron chi connectivity index (χ2n) is 9.56. The lowest BCUT2D eigenvalue weighted by atomic mass is 9.77. The number of rotatable bonds is 10. The molecule has 0 aliphatic heterocycles. The number of aromatic nitrogens is 1. The number of thiophene rings is 1. The molecule has 0 spiro atoms. The third-order valence-electron chi connectivity index (χ3n) is 7.21. The van der Waals surface area contributed by atoms with E-state index in [1.54, 1.807) is 0 Å². The van der Waals surface area contributed by atoms with Gasteiger partial charge in [-0.25, -0.2) is 0 Å². The van der Waals surface area contributed by atoms with Crippen molar-refractivity contribution in [3.05, 3.63) is 58.4 Å². The monoisotopic (exact) mass is 480 g/mol. The molecule has 6 nitrogen and oxygen atoms in total. The molecule has 2 aromatic heterocycles. The van der Waals surface area contributed by atoms with Gasteiger partial charge in [-0.3, -0.25) is 14.5 Å². The maximum Gasteiger partial charge on any atom is 0.220 e. The van der Waals surface area contributed by atoms with Crippen LogP contribution in [0.25, 0.3) is 10.9 Å². The molecule has 182 valence electrons. The standard InChI is InChI=1S/C27H36N4O2S/c1-31(2)27(24-9-6-18-34-24)15-12-21(13-16-27)30-26(33)11-5-10-25(32)28-17-14-20-19-29-23-8-4-3-7-22(20)23/h3-4,6-9,18-19,21,29H,5,10-17H2,1-2H3,(H,28,32)(H,30,33). The van der Waals surface area contributed by atoms with Crippen LogP contribution in [0.3, 0.4) is 0 Å². The number of aromatic amines is 1. The van der Waals surface area contributed by atoms with E-state index in [9.17, 15) is 9.59 Å². The van der Waals surface area contributed by atoms with Gasteiger partial charge in [-0.1, -0.05) is 24.3 Å². The van der Waals surface area contributed by atoms with Crippen molar-refractivity contribution in [2.24, 2.45) is 0 Å². The minimum atomic E-state index is 0.0111. The Labute approximate surface area is 206 Å². The first-order valence-electron chi connectivity index (χ1n) is 12.3. The molecule has 1 aliphatic rings. The van der Waals surface area contributed by atoms with Crippen LogP contribution in [-0.2, 0) is 21.5 Å². The van der Waals surface area contributed by atoms with Crippen molar-refractivity contribution in [3.63, 3.8) is 0 Å². The molecular weight excluding hydrogens is 444 g/mol. The van der Waals surface area contributed by atoms with E-state index in [-0.39, 0.29) is 23.4 Å². The maximum absolute atomic E-state index is 12.5. The van der Waals surface area contributed by atoms with E-state index in [1.165, 1.54) is 15.8 Å². The molecule has 0 radical (unpaired) electrons. The number of nitrogens with one attached hydrogen (secondary N) is 3. The predicted octanol–water partition coefficient (Wildman–Crippen LogP) is 4.57. The van der Waals surface area contributed by atoms with Crippen LogP contribution >= 0.6 is 11.3 Å². The molecule has 2 heterocycles. The number of hydrogen-bond acceptors (Lipinski definition) is 4. The van der Waals surface area contributed by atoms with E-state index in [2.05, 4.69) is 64.3 Å². The Morgan fingerprint density at radius 3 is 2.59 bits per heavy atom. The van der Waals surface area contributed by atoms with Gasteiger partial charge in [0.1, 0.15) is 0 Å². The van der Waals surface area contributed by atoms with Gasteiger partial charge in [-0.2, -0.15) is 0 Å². The highest BCUT2D eigenvalue weighted by atomic mass is 32.1. The lowest BCUT2D eigenvalue weighted by Crippen LogP contribution is -2.48. The van der Waals surface area contributed by atoms with Gasteiger partial charge in [-0.15, -0.1) is 11.3 Å². The highest BCUT2D eigenvalue weighted by Gasteiger charge is 2.39. The first-order chi connectivity index (χ1) is 16.5. The number of amides is 2. The van der Waals surface area contributed by atoms with Crippen molar-refractivity contribution >= 4 is 34.1 Å². The van der Waals surface area contributed by atoms with Crippen molar-refractivity contribution in [2.75, 3.05) is 20.6 Å². The molecule has 0 saturated heterocycles. The summed E-state index contributed by atoms with van der Waals surface area (Å²) in [5, 5.41) is 9.54. The minimum absolute atomic E-state index is 0.0111. The van der Waals surface area contributed by atoms with Crippen LogP contribution < -0.4 is 10.6 Å². The fourth-order valence-electron chi connectivity index (χ4n) is 5.17. The Balaban J connectivity index is 1.13. The van der Waals surface area contributed by atoms with Crippen molar-refractivity contribution in [1.29, 1.82) is 0 Å². The predicted molar refractivity (Wildman–Crippen MR) is 139 cm³/mol. The van der Waals surface area contributed by atoms with Gasteiger partial charge in [0.15, 0.2) is 0 Å². The number of hydrogen-bond donors (Lipinski definition) is 3. The zero-order valence-electron chi connectivity index (χ0n) is 20.2. The zero-order chi connectivity index (χ0) is 24.0. The number of carbonyl (C=O) groups is 2. The van der Waals surface area contributed by atoms with Gasteiger partial charge in [0, 0.05) is 47.4 Å². The minimum Gasteiger partial charge on any atom is -0.361 e. The average Bonchev–Trinajstić information content (AvgIpc) is 3.51. The maximum atomic E-state index is 12.5. The molecule has 3 N–H and O–H groups in total. The van der Waals surface area contributed by atoms with Gasteiger partial charge < -0.3 is 15.6 Å². The fraction of sp³-hybridized carbons (Fsp3) is 0.481. The van der Waals surface area contributed by atoms with Gasteiger partial charge in [0.2, 0.25) is 11.8 Å². The van der Waals surface area contributed by atoms with E-state index in [0.29, 0.717) is 25.8 Å². The third-order valence-corrected chi connectivity index (χ3v) is 8.28. The Morgan fingerprint density at radius 2 is 1.85 bits per heavy atom. The Hall–Kier alpha value is -2.64. The number of para-hydroxylation sites is 1. The second-order valence-corrected chi connectivity index (χ2v) is 10.5. The summed E-state index contributed by atoms with van der Waals surface area (Å²) in [7, 11) is 4.31. The van der Waals surface area contributed by atoms with Crippen molar-refractivity contribution in [2.45, 2.75) is 62.9 Å². The lowest BCUT2D eigenvalue weighted by Gasteiger charge is -2.44. The molecule has 0 atom stereocenters. The van der Waals surface area contributed by atoms with Crippen LogP contribution in [-0.4, -0.2) is 48.4 Å². The normalized spacial score (nSPS) is 20.5. The molecule has 0 bridgehead atoms. The highest BCUT2D eigenvalue weighted by Crippen LogP contribution is 2.43. The van der Waals surface area contributed by atoms with Crippen LogP contribution in [0.4, 0.5) is 0 Å². The summed E-state index contributed by atoms with van der Waals surface area (Å²) in [4.78, 5) is 31.7. The van der Waals surface area contributed by atoms with E-state index >= 15 is 0 Å². The zero-order valence-corrected chi connectivity index (χ0v) is 21.0. The molecule has 7 heteroatoms. The van der Waals surface area contributed by atoms with Crippen molar-refractivity contribution in [3.8, 4) is 0 Å². The van der Waals surface area contributed by atoms with Gasteiger partial charge >= 0.3 is 0 Å². The molecule has 3 aromatic rings. The van der Waals surface area contributed by atoms with Crippen LogP contribution in [0.2, 0.25) is 0 Å². The molecule has 0 unspecified atom stereocenters. The van der Waals surface area contributed by atoms with E-state index in [4.69, 9.17) is 0 Å². The van der Waals surface area contributed by atoms with E-state index in [0.717, 1.165) is 37.6 Å². The molecule has 1 aromatic carbocycles. The summed E-state index contributed by atoms with van der Waals surface area (Å²) in [6.45, 7) is 0.604. The quantitative estimate of drug-likeness (QED) is 0.398.